The summed E-state index contributed by atoms with van der Waals surface area (Å²) in [5.41, 5.74) is -0.221. The van der Waals surface area contributed by atoms with Crippen molar-refractivity contribution in [2.45, 2.75) is 6.54 Å². The van der Waals surface area contributed by atoms with Gasteiger partial charge in [0.15, 0.2) is 5.82 Å². The Morgan fingerprint density at radius 2 is 2.42 bits per heavy atom. The molecule has 0 atom stereocenters. The first-order chi connectivity index (χ1) is 5.68. The number of carboxylic acid groups (broad SMARTS) is 1. The molecule has 0 spiro atoms. The van der Waals surface area contributed by atoms with E-state index in [1.807, 2.05) is 0 Å². The van der Waals surface area contributed by atoms with Crippen molar-refractivity contribution in [1.29, 1.82) is 0 Å². The number of hydrogen-bond donors (Lipinski definition) is 2. The van der Waals surface area contributed by atoms with Gasteiger partial charge in [-0.1, -0.05) is 5.21 Å². The van der Waals surface area contributed by atoms with Gasteiger partial charge in [-0.2, -0.15) is 0 Å². The second kappa shape index (κ2) is 2.03. The lowest BCUT2D eigenvalue weighted by Gasteiger charge is -1.90. The fraction of sp³-hybridized carbons (Fsp3) is 0.200. The summed E-state index contributed by atoms with van der Waals surface area (Å²) in [6.45, 7) is 0.0373. The highest BCUT2D eigenvalue weighted by Crippen LogP contribution is 2.16. The zero-order valence-electron chi connectivity index (χ0n) is 5.81. The van der Waals surface area contributed by atoms with Crippen LogP contribution in [0.4, 0.5) is 5.82 Å². The molecule has 0 bridgehead atoms. The largest absolute Gasteiger partial charge is 0.476 e. The molecule has 0 aromatic carbocycles. The SMILES string of the molecule is O=C1Cn2nnc(C(=O)O)c2N1. The van der Waals surface area contributed by atoms with Crippen LogP contribution in [0.2, 0.25) is 0 Å². The first-order valence-corrected chi connectivity index (χ1v) is 3.15. The zero-order valence-corrected chi connectivity index (χ0v) is 5.81. The minimum atomic E-state index is -1.20. The zero-order chi connectivity index (χ0) is 8.72. The molecule has 2 heterocycles. The summed E-state index contributed by atoms with van der Waals surface area (Å²) in [6.07, 6.45) is 0. The Hall–Kier alpha value is -1.92. The van der Waals surface area contributed by atoms with Gasteiger partial charge in [0.05, 0.1) is 0 Å². The Bertz CT molecular complexity index is 369. The van der Waals surface area contributed by atoms with Crippen molar-refractivity contribution in [3.63, 3.8) is 0 Å². The topological polar surface area (TPSA) is 97.1 Å². The van der Waals surface area contributed by atoms with Gasteiger partial charge >= 0.3 is 5.97 Å². The summed E-state index contributed by atoms with van der Waals surface area (Å²) in [4.78, 5) is 21.2. The van der Waals surface area contributed by atoms with E-state index in [1.165, 1.54) is 4.68 Å². The highest BCUT2D eigenvalue weighted by Gasteiger charge is 2.26. The van der Waals surface area contributed by atoms with E-state index in [9.17, 15) is 9.59 Å². The molecule has 1 aromatic heterocycles. The molecule has 62 valence electrons. The minimum Gasteiger partial charge on any atom is -0.476 e. The van der Waals surface area contributed by atoms with Crippen molar-refractivity contribution in [3.05, 3.63) is 5.69 Å². The molecule has 2 rings (SSSR count). The molecule has 0 saturated carbocycles. The number of amides is 1. The number of rotatable bonds is 1. The van der Waals surface area contributed by atoms with E-state index in [4.69, 9.17) is 5.11 Å². The molecule has 1 aliphatic heterocycles. The highest BCUT2D eigenvalue weighted by molar-refractivity contribution is 6.00. The Kier molecular flexibility index (Phi) is 1.15. The number of fused-ring (bicyclic) bond motifs is 1. The standard InChI is InChI=1S/C5H4N4O3/c10-2-1-9-4(6-2)3(5(11)12)7-8-9/h1H2,(H,6,10)(H,11,12). The summed E-state index contributed by atoms with van der Waals surface area (Å²) in [5.74, 6) is -1.31. The van der Waals surface area contributed by atoms with Gasteiger partial charge in [0.1, 0.15) is 6.54 Å². The lowest BCUT2D eigenvalue weighted by Crippen LogP contribution is -2.09. The Morgan fingerprint density at radius 1 is 1.67 bits per heavy atom. The smallest absolute Gasteiger partial charge is 0.360 e. The third-order valence-electron chi connectivity index (χ3n) is 1.49. The lowest BCUT2D eigenvalue weighted by atomic mass is 10.4. The van der Waals surface area contributed by atoms with Gasteiger partial charge in [-0.05, 0) is 0 Å². The van der Waals surface area contributed by atoms with Crippen molar-refractivity contribution in [1.82, 2.24) is 15.0 Å². The van der Waals surface area contributed by atoms with Gasteiger partial charge in [-0.3, -0.25) is 4.79 Å². The van der Waals surface area contributed by atoms with Gasteiger partial charge in [-0.25, -0.2) is 9.48 Å². The van der Waals surface area contributed by atoms with Crippen LogP contribution in [0.3, 0.4) is 0 Å². The molecule has 2 N–H and O–H groups in total. The number of carbonyl (C=O) groups is 2. The summed E-state index contributed by atoms with van der Waals surface area (Å²) < 4.78 is 1.21. The van der Waals surface area contributed by atoms with Crippen molar-refractivity contribution >= 4 is 17.7 Å². The molecule has 7 nitrogen and oxygen atoms in total. The summed E-state index contributed by atoms with van der Waals surface area (Å²) in [6, 6.07) is 0. The van der Waals surface area contributed by atoms with E-state index >= 15 is 0 Å². The molecule has 0 unspecified atom stereocenters. The molecule has 0 saturated heterocycles. The quantitative estimate of drug-likeness (QED) is 0.556. The van der Waals surface area contributed by atoms with Crippen LogP contribution in [0.5, 0.6) is 0 Å². The number of nitrogens with zero attached hydrogens (tertiary/aromatic N) is 3. The molecule has 0 aliphatic carbocycles. The molecule has 0 fully saturated rings. The van der Waals surface area contributed by atoms with Crippen LogP contribution in [0, 0.1) is 0 Å². The average molecular weight is 168 g/mol. The van der Waals surface area contributed by atoms with Gasteiger partial charge in [-0.15, -0.1) is 5.10 Å². The third kappa shape index (κ3) is 0.760. The number of aromatic nitrogens is 3. The third-order valence-corrected chi connectivity index (χ3v) is 1.49. The Labute approximate surface area is 66.0 Å². The molecule has 12 heavy (non-hydrogen) atoms. The maximum Gasteiger partial charge on any atom is 0.360 e. The fourth-order valence-electron chi connectivity index (χ4n) is 0.999. The van der Waals surface area contributed by atoms with Crippen LogP contribution < -0.4 is 5.32 Å². The predicted molar refractivity (Wildman–Crippen MR) is 35.6 cm³/mol. The van der Waals surface area contributed by atoms with E-state index in [-0.39, 0.29) is 24.0 Å². The minimum absolute atomic E-state index is 0.0373. The van der Waals surface area contributed by atoms with Crippen LogP contribution in [0.1, 0.15) is 10.5 Å². The van der Waals surface area contributed by atoms with Crippen LogP contribution >= 0.6 is 0 Å². The normalized spacial score (nSPS) is 14.2. The maximum absolute atomic E-state index is 10.7. The summed E-state index contributed by atoms with van der Waals surface area (Å²) >= 11 is 0. The second-order valence-electron chi connectivity index (χ2n) is 2.30. The van der Waals surface area contributed by atoms with Gasteiger partial charge < -0.3 is 10.4 Å². The van der Waals surface area contributed by atoms with E-state index in [0.717, 1.165) is 0 Å². The number of hydrogen-bond acceptors (Lipinski definition) is 4. The number of carbonyl (C=O) groups excluding carboxylic acids is 1. The molecule has 1 amide bonds. The number of carboxylic acids is 1. The average Bonchev–Trinajstić information content (AvgIpc) is 2.43. The van der Waals surface area contributed by atoms with Crippen LogP contribution in [-0.4, -0.2) is 32.0 Å². The fourth-order valence-corrected chi connectivity index (χ4v) is 0.999. The van der Waals surface area contributed by atoms with E-state index in [0.29, 0.717) is 0 Å². The summed E-state index contributed by atoms with van der Waals surface area (Å²) in [5, 5.41) is 17.7. The maximum atomic E-state index is 10.7. The van der Waals surface area contributed by atoms with Gasteiger partial charge in [0, 0.05) is 0 Å². The first-order valence-electron chi connectivity index (χ1n) is 3.15. The van der Waals surface area contributed by atoms with Crippen molar-refractivity contribution < 1.29 is 14.7 Å². The molecular weight excluding hydrogens is 164 g/mol. The number of aromatic carboxylic acids is 1. The van der Waals surface area contributed by atoms with E-state index < -0.39 is 5.97 Å². The summed E-state index contributed by atoms with van der Waals surface area (Å²) in [7, 11) is 0. The van der Waals surface area contributed by atoms with Gasteiger partial charge in [0.2, 0.25) is 11.6 Å². The lowest BCUT2D eigenvalue weighted by molar-refractivity contribution is -0.116. The van der Waals surface area contributed by atoms with Crippen molar-refractivity contribution in [2.24, 2.45) is 0 Å². The first kappa shape index (κ1) is 6.77. The van der Waals surface area contributed by atoms with Crippen molar-refractivity contribution in [3.8, 4) is 0 Å². The Morgan fingerprint density at radius 3 is 3.08 bits per heavy atom. The molecular formula is C5H4N4O3. The molecule has 7 heteroatoms. The van der Waals surface area contributed by atoms with Crippen LogP contribution in [0.25, 0.3) is 0 Å². The second-order valence-corrected chi connectivity index (χ2v) is 2.30. The highest BCUT2D eigenvalue weighted by atomic mass is 16.4. The predicted octanol–water partition coefficient (Wildman–Crippen LogP) is -1.07. The van der Waals surface area contributed by atoms with E-state index in [1.54, 1.807) is 0 Å². The monoisotopic (exact) mass is 168 g/mol. The number of nitrogens with one attached hydrogen (secondary N) is 1. The van der Waals surface area contributed by atoms with Gasteiger partial charge in [0.25, 0.3) is 0 Å². The molecule has 0 radical (unpaired) electrons. The Balaban J connectivity index is 2.50. The van der Waals surface area contributed by atoms with Crippen LogP contribution in [-0.2, 0) is 11.3 Å². The molecule has 1 aliphatic rings. The number of anilines is 1. The molecule has 1 aromatic rings. The van der Waals surface area contributed by atoms with E-state index in [2.05, 4.69) is 15.6 Å². The van der Waals surface area contributed by atoms with Crippen LogP contribution in [0.15, 0.2) is 0 Å². The van der Waals surface area contributed by atoms with Crippen molar-refractivity contribution in [2.75, 3.05) is 5.32 Å².